The predicted octanol–water partition coefficient (Wildman–Crippen LogP) is 2.59. The molecule has 0 aromatic heterocycles. The summed E-state index contributed by atoms with van der Waals surface area (Å²) in [5, 5.41) is 3.17. The van der Waals surface area contributed by atoms with Gasteiger partial charge in [0.2, 0.25) is 0 Å². The number of fused-ring (bicyclic) bond motifs is 2. The third-order valence-electron chi connectivity index (χ3n) is 4.64. The number of nitrogens with two attached hydrogens (primary N) is 1. The molecule has 0 radical (unpaired) electrons. The maximum atomic E-state index is 12.5. The lowest BCUT2D eigenvalue weighted by atomic mass is 9.95. The van der Waals surface area contributed by atoms with Crippen molar-refractivity contribution in [1.82, 2.24) is 5.32 Å². The van der Waals surface area contributed by atoms with Gasteiger partial charge in [-0.2, -0.15) is 0 Å². The first kappa shape index (κ1) is 13.3. The normalized spacial score (nSPS) is 27.6. The molecule has 1 aromatic carbocycles. The molecule has 2 saturated carbocycles. The van der Waals surface area contributed by atoms with Crippen molar-refractivity contribution in [3.05, 3.63) is 23.8 Å². The molecule has 2 bridgehead atoms. The number of rotatable bonds is 4. The van der Waals surface area contributed by atoms with Crippen LogP contribution in [0.4, 0.5) is 5.69 Å². The van der Waals surface area contributed by atoms with Crippen LogP contribution in [0.5, 0.6) is 5.75 Å². The predicted molar refractivity (Wildman–Crippen MR) is 78.7 cm³/mol. The maximum Gasteiger partial charge on any atom is 0.257 e. The van der Waals surface area contributed by atoms with Gasteiger partial charge in [-0.3, -0.25) is 4.79 Å². The first-order valence-corrected chi connectivity index (χ1v) is 7.51. The SMILES string of the molecule is CCOc1cccc(N)c1C(=O)NC1CC2CCC1C2. The van der Waals surface area contributed by atoms with Gasteiger partial charge < -0.3 is 15.8 Å². The molecule has 3 N–H and O–H groups in total. The van der Waals surface area contributed by atoms with Crippen LogP contribution < -0.4 is 15.8 Å². The van der Waals surface area contributed by atoms with Gasteiger partial charge in [0.05, 0.1) is 6.61 Å². The van der Waals surface area contributed by atoms with Crippen LogP contribution >= 0.6 is 0 Å². The molecule has 1 aromatic rings. The molecule has 2 fully saturated rings. The quantitative estimate of drug-likeness (QED) is 0.829. The minimum Gasteiger partial charge on any atom is -0.493 e. The molecular weight excluding hydrogens is 252 g/mol. The number of hydrogen-bond acceptors (Lipinski definition) is 3. The van der Waals surface area contributed by atoms with Crippen LogP contribution in [0.25, 0.3) is 0 Å². The van der Waals surface area contributed by atoms with Crippen molar-refractivity contribution in [2.45, 2.75) is 38.6 Å². The third-order valence-corrected chi connectivity index (χ3v) is 4.64. The van der Waals surface area contributed by atoms with E-state index in [1.807, 2.05) is 13.0 Å². The second-order valence-electron chi connectivity index (χ2n) is 5.91. The third kappa shape index (κ3) is 2.35. The van der Waals surface area contributed by atoms with Crippen molar-refractivity contribution in [3.63, 3.8) is 0 Å². The highest BCUT2D eigenvalue weighted by Gasteiger charge is 2.40. The number of carbonyl (C=O) groups excluding carboxylic acids is 1. The Bertz CT molecular complexity index is 515. The lowest BCUT2D eigenvalue weighted by Gasteiger charge is -2.23. The molecular formula is C16H22N2O2. The van der Waals surface area contributed by atoms with Gasteiger partial charge in [-0.25, -0.2) is 0 Å². The lowest BCUT2D eigenvalue weighted by Crippen LogP contribution is -2.38. The largest absolute Gasteiger partial charge is 0.493 e. The second kappa shape index (κ2) is 5.35. The lowest BCUT2D eigenvalue weighted by molar-refractivity contribution is 0.0920. The van der Waals surface area contributed by atoms with E-state index in [0.717, 1.165) is 12.3 Å². The van der Waals surface area contributed by atoms with E-state index in [1.165, 1.54) is 19.3 Å². The summed E-state index contributed by atoms with van der Waals surface area (Å²) in [6, 6.07) is 5.68. The molecule has 3 atom stereocenters. The van der Waals surface area contributed by atoms with E-state index in [0.29, 0.717) is 35.6 Å². The van der Waals surface area contributed by atoms with E-state index in [1.54, 1.807) is 12.1 Å². The Morgan fingerprint density at radius 1 is 1.40 bits per heavy atom. The van der Waals surface area contributed by atoms with Crippen LogP contribution in [0.2, 0.25) is 0 Å². The van der Waals surface area contributed by atoms with Gasteiger partial charge in [0, 0.05) is 11.7 Å². The summed E-state index contributed by atoms with van der Waals surface area (Å²) in [6.45, 7) is 2.43. The van der Waals surface area contributed by atoms with Crippen molar-refractivity contribution in [2.24, 2.45) is 11.8 Å². The Hall–Kier alpha value is -1.71. The number of carbonyl (C=O) groups is 1. The molecule has 3 unspecified atom stereocenters. The molecule has 2 aliphatic carbocycles. The van der Waals surface area contributed by atoms with Gasteiger partial charge >= 0.3 is 0 Å². The first-order chi connectivity index (χ1) is 9.69. The summed E-state index contributed by atoms with van der Waals surface area (Å²) >= 11 is 0. The Labute approximate surface area is 119 Å². The molecule has 0 heterocycles. The summed E-state index contributed by atoms with van der Waals surface area (Å²) in [7, 11) is 0. The summed E-state index contributed by atoms with van der Waals surface area (Å²) < 4.78 is 5.52. The number of amides is 1. The summed E-state index contributed by atoms with van der Waals surface area (Å²) in [5.74, 6) is 1.95. The van der Waals surface area contributed by atoms with E-state index in [4.69, 9.17) is 10.5 Å². The van der Waals surface area contributed by atoms with Crippen molar-refractivity contribution < 1.29 is 9.53 Å². The number of nitrogen functional groups attached to an aromatic ring is 1. The van der Waals surface area contributed by atoms with E-state index in [9.17, 15) is 4.79 Å². The molecule has 0 saturated heterocycles. The van der Waals surface area contributed by atoms with Crippen LogP contribution in [0.3, 0.4) is 0 Å². The maximum absolute atomic E-state index is 12.5. The van der Waals surface area contributed by atoms with E-state index in [-0.39, 0.29) is 5.91 Å². The van der Waals surface area contributed by atoms with Gasteiger partial charge in [0.15, 0.2) is 0 Å². The zero-order chi connectivity index (χ0) is 14.1. The highest BCUT2D eigenvalue weighted by atomic mass is 16.5. The Balaban J connectivity index is 1.76. The number of nitrogens with one attached hydrogen (secondary N) is 1. The summed E-state index contributed by atoms with van der Waals surface area (Å²) in [6.07, 6.45) is 4.97. The molecule has 20 heavy (non-hydrogen) atoms. The van der Waals surface area contributed by atoms with Crippen LogP contribution in [0.1, 0.15) is 43.0 Å². The fraction of sp³-hybridized carbons (Fsp3) is 0.562. The minimum atomic E-state index is -0.0934. The van der Waals surface area contributed by atoms with Crippen LogP contribution in [0.15, 0.2) is 18.2 Å². The van der Waals surface area contributed by atoms with E-state index in [2.05, 4.69) is 5.32 Å². The Morgan fingerprint density at radius 3 is 2.90 bits per heavy atom. The highest BCUT2D eigenvalue weighted by molar-refractivity contribution is 6.02. The zero-order valence-corrected chi connectivity index (χ0v) is 11.9. The highest BCUT2D eigenvalue weighted by Crippen LogP contribution is 2.44. The Morgan fingerprint density at radius 2 is 2.25 bits per heavy atom. The smallest absolute Gasteiger partial charge is 0.257 e. The van der Waals surface area contributed by atoms with Crippen LogP contribution in [0, 0.1) is 11.8 Å². The minimum absolute atomic E-state index is 0.0934. The number of benzene rings is 1. The van der Waals surface area contributed by atoms with Crippen molar-refractivity contribution >= 4 is 11.6 Å². The number of anilines is 1. The van der Waals surface area contributed by atoms with Gasteiger partial charge in [-0.05, 0) is 50.2 Å². The fourth-order valence-corrected chi connectivity index (χ4v) is 3.73. The van der Waals surface area contributed by atoms with Crippen LogP contribution in [-0.2, 0) is 0 Å². The molecule has 4 nitrogen and oxygen atoms in total. The molecule has 1 amide bonds. The second-order valence-corrected chi connectivity index (χ2v) is 5.91. The molecule has 0 aliphatic heterocycles. The summed E-state index contributed by atoms with van der Waals surface area (Å²) in [5.41, 5.74) is 6.93. The fourth-order valence-electron chi connectivity index (χ4n) is 3.73. The topological polar surface area (TPSA) is 64.3 Å². The monoisotopic (exact) mass is 274 g/mol. The van der Waals surface area contributed by atoms with E-state index < -0.39 is 0 Å². The molecule has 3 rings (SSSR count). The van der Waals surface area contributed by atoms with Crippen LogP contribution in [-0.4, -0.2) is 18.6 Å². The van der Waals surface area contributed by atoms with Crippen molar-refractivity contribution in [2.75, 3.05) is 12.3 Å². The van der Waals surface area contributed by atoms with Gasteiger partial charge in [0.1, 0.15) is 11.3 Å². The number of ether oxygens (including phenoxy) is 1. The average Bonchev–Trinajstić information content (AvgIpc) is 3.01. The van der Waals surface area contributed by atoms with Gasteiger partial charge in [-0.15, -0.1) is 0 Å². The van der Waals surface area contributed by atoms with E-state index >= 15 is 0 Å². The zero-order valence-electron chi connectivity index (χ0n) is 11.9. The van der Waals surface area contributed by atoms with Gasteiger partial charge in [-0.1, -0.05) is 12.5 Å². The molecule has 108 valence electrons. The Kier molecular flexibility index (Phi) is 3.55. The molecule has 4 heteroatoms. The standard InChI is InChI=1S/C16H22N2O2/c1-2-20-14-5-3-4-12(17)15(14)16(19)18-13-9-10-6-7-11(13)8-10/h3-5,10-11,13H,2,6-9,17H2,1H3,(H,18,19). The molecule has 0 spiro atoms. The average molecular weight is 274 g/mol. The number of hydrogen-bond donors (Lipinski definition) is 2. The van der Waals surface area contributed by atoms with Gasteiger partial charge in [0.25, 0.3) is 5.91 Å². The van der Waals surface area contributed by atoms with Crippen molar-refractivity contribution in [1.29, 1.82) is 0 Å². The first-order valence-electron chi connectivity index (χ1n) is 7.51. The molecule has 2 aliphatic rings. The summed E-state index contributed by atoms with van der Waals surface area (Å²) in [4.78, 5) is 12.5. The van der Waals surface area contributed by atoms with Crippen molar-refractivity contribution in [3.8, 4) is 5.75 Å².